The van der Waals surface area contributed by atoms with Crippen molar-refractivity contribution < 1.29 is 27.7 Å². The Labute approximate surface area is 124 Å². The normalized spacial score (nSPS) is 10.7. The summed E-state index contributed by atoms with van der Waals surface area (Å²) in [4.78, 5) is 32.4. The zero-order valence-electron chi connectivity index (χ0n) is 12.5. The number of rotatable bonds is 4. The fourth-order valence-electron chi connectivity index (χ4n) is 1.60. The molecule has 0 unspecified atom stereocenters. The lowest BCUT2D eigenvalue weighted by Gasteiger charge is -2.24. The van der Waals surface area contributed by atoms with E-state index in [2.05, 4.69) is 24.3 Å². The Morgan fingerprint density at radius 2 is 1.10 bits per heavy atom. The van der Waals surface area contributed by atoms with E-state index < -0.39 is 26.7 Å². The van der Waals surface area contributed by atoms with Crippen LogP contribution in [0, 0.1) is 0 Å². The summed E-state index contributed by atoms with van der Waals surface area (Å²) in [5.41, 5.74) is 2.85. The zero-order chi connectivity index (χ0) is 16.0. The summed E-state index contributed by atoms with van der Waals surface area (Å²) in [5, 5.41) is 0. The second-order valence-corrected chi connectivity index (χ2v) is 7.08. The second-order valence-electron chi connectivity index (χ2n) is 4.39. The Bertz CT molecular complexity index is 475. The fraction of sp³-hybridized carbons (Fsp3) is 0.357. The Balaban J connectivity index is 0.000000294. The van der Waals surface area contributed by atoms with Gasteiger partial charge in [0.2, 0.25) is 0 Å². The molecular weight excluding hydrogens is 292 g/mol. The summed E-state index contributed by atoms with van der Waals surface area (Å²) >= 11 is 0. The van der Waals surface area contributed by atoms with Crippen molar-refractivity contribution in [2.24, 2.45) is 0 Å². The number of hydrogen-bond donors (Lipinski definition) is 0. The van der Waals surface area contributed by atoms with Crippen LogP contribution in [0.25, 0.3) is 11.1 Å². The van der Waals surface area contributed by atoms with Gasteiger partial charge < -0.3 is 13.3 Å². The lowest BCUT2D eigenvalue weighted by atomic mass is 9.95. The maximum absolute atomic E-state index is 10.8. The van der Waals surface area contributed by atoms with Crippen LogP contribution in [-0.4, -0.2) is 26.7 Å². The highest BCUT2D eigenvalue weighted by Crippen LogP contribution is 2.29. The lowest BCUT2D eigenvalue weighted by Crippen LogP contribution is -2.48. The van der Waals surface area contributed by atoms with Crippen molar-refractivity contribution in [1.82, 2.24) is 0 Å². The molecule has 0 N–H and O–H groups in total. The van der Waals surface area contributed by atoms with E-state index in [9.17, 15) is 14.4 Å². The van der Waals surface area contributed by atoms with Gasteiger partial charge in [-0.15, -0.1) is 0 Å². The van der Waals surface area contributed by atoms with Gasteiger partial charge in [-0.2, -0.15) is 0 Å². The maximum Gasteiger partial charge on any atom is 0.704 e. The number of fused-ring (bicyclic) bond motifs is 1. The fourth-order valence-corrected chi connectivity index (χ4v) is 3.47. The molecule has 7 heteroatoms. The minimum Gasteiger partial charge on any atom is -0.455 e. The highest BCUT2D eigenvalue weighted by atomic mass is 28.4. The highest BCUT2D eigenvalue weighted by molar-refractivity contribution is 6.65. The molecule has 21 heavy (non-hydrogen) atoms. The van der Waals surface area contributed by atoms with Crippen molar-refractivity contribution in [3.05, 3.63) is 24.3 Å². The molecule has 0 aromatic rings. The van der Waals surface area contributed by atoms with Crippen molar-refractivity contribution >= 4 is 26.7 Å². The van der Waals surface area contributed by atoms with E-state index in [0.717, 1.165) is 20.8 Å². The molecule has 0 fully saturated rings. The third-order valence-electron chi connectivity index (χ3n) is 2.55. The molecule has 0 aromatic carbocycles. The van der Waals surface area contributed by atoms with E-state index in [1.54, 1.807) is 6.92 Å². The average Bonchev–Trinajstić information content (AvgIpc) is 2.31. The average molecular weight is 310 g/mol. The first-order valence-electron chi connectivity index (χ1n) is 6.47. The molecule has 0 heterocycles. The van der Waals surface area contributed by atoms with Crippen molar-refractivity contribution in [3.63, 3.8) is 0 Å². The molecule has 6 nitrogen and oxygen atoms in total. The molecule has 0 radical (unpaired) electrons. The molecule has 0 saturated heterocycles. The van der Waals surface area contributed by atoms with Crippen LogP contribution in [0.2, 0.25) is 6.04 Å². The third-order valence-corrected chi connectivity index (χ3v) is 5.21. The largest absolute Gasteiger partial charge is 0.704 e. The van der Waals surface area contributed by atoms with E-state index in [-0.39, 0.29) is 6.04 Å². The Morgan fingerprint density at radius 3 is 1.19 bits per heavy atom. The molecule has 0 saturated carbocycles. The van der Waals surface area contributed by atoms with Crippen LogP contribution in [-0.2, 0) is 27.7 Å². The minimum absolute atomic E-state index is 0.158. The summed E-state index contributed by atoms with van der Waals surface area (Å²) in [7, 11) is -3.51. The molecule has 2 aliphatic carbocycles. The van der Waals surface area contributed by atoms with Crippen molar-refractivity contribution in [2.75, 3.05) is 0 Å². The second kappa shape index (κ2) is 7.03. The molecule has 2 aliphatic rings. The zero-order valence-corrected chi connectivity index (χ0v) is 13.5. The molecule has 114 valence electrons. The molecule has 0 spiro atoms. The summed E-state index contributed by atoms with van der Waals surface area (Å²) < 4.78 is 14.5. The Hall–Kier alpha value is -2.15. The minimum atomic E-state index is -3.51. The first kappa shape index (κ1) is 16.9. The summed E-state index contributed by atoms with van der Waals surface area (Å²) in [6.45, 7) is 5.08. The van der Waals surface area contributed by atoms with Gasteiger partial charge in [0.25, 0.3) is 17.9 Å². The number of hydrogen-bond acceptors (Lipinski definition) is 6. The molecular formula is C14H18O6Si. The smallest absolute Gasteiger partial charge is 0.455 e. The van der Waals surface area contributed by atoms with E-state index in [1.807, 2.05) is 0 Å². The van der Waals surface area contributed by atoms with Crippen LogP contribution in [0.4, 0.5) is 0 Å². The van der Waals surface area contributed by atoms with Gasteiger partial charge in [-0.1, -0.05) is 31.2 Å². The molecule has 0 bridgehead atoms. The Kier molecular flexibility index (Phi) is 5.66. The molecule has 0 amide bonds. The van der Waals surface area contributed by atoms with Crippen molar-refractivity contribution in [1.29, 1.82) is 0 Å². The number of carbonyl (C=O) groups excluding carboxylic acids is 3. The quantitative estimate of drug-likeness (QED) is 0.806. The Morgan fingerprint density at radius 1 is 0.810 bits per heavy atom. The van der Waals surface area contributed by atoms with Gasteiger partial charge in [0.1, 0.15) is 0 Å². The van der Waals surface area contributed by atoms with Gasteiger partial charge in [0, 0.05) is 20.8 Å². The number of benzene rings is 1. The molecule has 0 atom stereocenters. The van der Waals surface area contributed by atoms with Gasteiger partial charge in [-0.25, -0.2) is 0 Å². The predicted molar refractivity (Wildman–Crippen MR) is 77.0 cm³/mol. The summed E-state index contributed by atoms with van der Waals surface area (Å²) in [6, 6.07) is 8.64. The van der Waals surface area contributed by atoms with Gasteiger partial charge in [-0.3, -0.25) is 14.4 Å². The van der Waals surface area contributed by atoms with Crippen molar-refractivity contribution in [3.8, 4) is 11.1 Å². The van der Waals surface area contributed by atoms with Crippen LogP contribution in [0.3, 0.4) is 0 Å². The summed E-state index contributed by atoms with van der Waals surface area (Å²) in [6.07, 6.45) is 0. The highest BCUT2D eigenvalue weighted by Gasteiger charge is 2.49. The van der Waals surface area contributed by atoms with E-state index in [0.29, 0.717) is 0 Å². The maximum atomic E-state index is 10.8. The summed E-state index contributed by atoms with van der Waals surface area (Å²) in [5.74, 6) is -1.94. The van der Waals surface area contributed by atoms with Crippen molar-refractivity contribution in [2.45, 2.75) is 33.7 Å². The van der Waals surface area contributed by atoms with Crippen LogP contribution in [0.15, 0.2) is 24.3 Å². The first-order chi connectivity index (χ1) is 9.78. The number of carbonyl (C=O) groups is 3. The van der Waals surface area contributed by atoms with Crippen LogP contribution in [0.1, 0.15) is 27.7 Å². The van der Waals surface area contributed by atoms with Crippen LogP contribution >= 0.6 is 0 Å². The topological polar surface area (TPSA) is 78.9 Å². The van der Waals surface area contributed by atoms with Crippen LogP contribution < -0.4 is 0 Å². The van der Waals surface area contributed by atoms with Gasteiger partial charge in [0.05, 0.1) is 6.04 Å². The van der Waals surface area contributed by atoms with Gasteiger partial charge in [0.15, 0.2) is 0 Å². The predicted octanol–water partition coefficient (Wildman–Crippen LogP) is 2.30. The van der Waals surface area contributed by atoms with Crippen LogP contribution in [0.5, 0.6) is 0 Å². The lowest BCUT2D eigenvalue weighted by molar-refractivity contribution is -0.147. The molecule has 0 aliphatic heterocycles. The standard InChI is InChI=1S/C8H14O6Si.C6H4/c1-5-15(12-6(2)9,13-7(3)10)14-8(4)11;1-2-6-4-3-5(1)6/h5H2,1-4H3;1-4H. The molecule has 0 aromatic heterocycles. The first-order valence-corrected chi connectivity index (χ1v) is 8.40. The van der Waals surface area contributed by atoms with E-state index in [1.165, 1.54) is 11.1 Å². The monoisotopic (exact) mass is 310 g/mol. The molecule has 2 rings (SSSR count). The third kappa shape index (κ3) is 5.03. The van der Waals surface area contributed by atoms with E-state index in [4.69, 9.17) is 13.3 Å². The van der Waals surface area contributed by atoms with Gasteiger partial charge in [-0.05, 0) is 11.1 Å². The van der Waals surface area contributed by atoms with E-state index >= 15 is 0 Å². The van der Waals surface area contributed by atoms with Gasteiger partial charge >= 0.3 is 8.80 Å². The SMILES string of the molecule is CC[Si](OC(C)=O)(OC(C)=O)OC(C)=O.c1cc2ccc1-2.